The fraction of sp³-hybridized carbons (Fsp3) is 0.200. The van der Waals surface area contributed by atoms with Crippen LogP contribution in [0.5, 0.6) is 17.2 Å². The Bertz CT molecular complexity index is 602. The molecule has 0 aliphatic rings. The number of rotatable bonds is 5. The molecular weight excluding hydrogens is 426 g/mol. The average molecular weight is 440 g/mol. The van der Waals surface area contributed by atoms with Crippen LogP contribution in [0.1, 0.15) is 0 Å². The predicted octanol–water partition coefficient (Wildman–Crippen LogP) is 1.15. The van der Waals surface area contributed by atoms with Gasteiger partial charge in [0.2, 0.25) is 0 Å². The van der Waals surface area contributed by atoms with Crippen LogP contribution in [-0.4, -0.2) is 21.3 Å². The van der Waals surface area contributed by atoms with Crippen LogP contribution in [0.15, 0.2) is 30.3 Å². The van der Waals surface area contributed by atoms with Gasteiger partial charge in [-0.2, -0.15) is 0 Å². The quantitative estimate of drug-likeness (QED) is 0.654. The Morgan fingerprint density at radius 3 is 1.71 bits per heavy atom. The summed E-state index contributed by atoms with van der Waals surface area (Å²) in [6.07, 6.45) is 0. The molecule has 0 heterocycles. The fourth-order valence-electron chi connectivity index (χ4n) is 1.74. The van der Waals surface area contributed by atoms with Gasteiger partial charge >= 0.3 is 145 Å². The average Bonchev–Trinajstić information content (AvgIpc) is 2.46. The summed E-state index contributed by atoms with van der Waals surface area (Å²) in [5.74, 6) is 2.19. The zero-order chi connectivity index (χ0) is 15.4. The summed E-state index contributed by atoms with van der Waals surface area (Å²) in [5.41, 5.74) is 0. The second-order valence-corrected chi connectivity index (χ2v) is 7.76. The van der Waals surface area contributed by atoms with Gasteiger partial charge in [0, 0.05) is 0 Å². The molecule has 6 heteroatoms. The van der Waals surface area contributed by atoms with E-state index in [1.165, 1.54) is 0 Å². The molecule has 0 fully saturated rings. The summed E-state index contributed by atoms with van der Waals surface area (Å²) in [5, 5.41) is 1.26. The van der Waals surface area contributed by atoms with E-state index in [0.717, 1.165) is 18.6 Å². The molecule has 0 saturated heterocycles. The fourth-order valence-corrected chi connectivity index (χ4v) is 5.52. The molecule has 0 spiro atoms. The van der Waals surface area contributed by atoms with Gasteiger partial charge in [0.15, 0.2) is 0 Å². The zero-order valence-corrected chi connectivity index (χ0v) is 15.4. The van der Waals surface area contributed by atoms with E-state index in [9.17, 15) is 0 Å². The van der Waals surface area contributed by atoms with Gasteiger partial charge in [0.05, 0.1) is 0 Å². The second-order valence-electron chi connectivity index (χ2n) is 4.03. The van der Waals surface area contributed by atoms with Crippen molar-refractivity contribution in [2.24, 2.45) is 0 Å². The molecule has 21 heavy (non-hydrogen) atoms. The Balaban J connectivity index is 2.46. The topological polar surface area (TPSA) is 27.7 Å². The van der Waals surface area contributed by atoms with Crippen LogP contribution < -0.4 is 35.4 Å². The van der Waals surface area contributed by atoms with Gasteiger partial charge in [-0.1, -0.05) is 0 Å². The summed E-state index contributed by atoms with van der Waals surface area (Å²) in [4.78, 5) is 0. The van der Waals surface area contributed by atoms with Gasteiger partial charge in [-0.15, -0.1) is 0 Å². The van der Waals surface area contributed by atoms with E-state index in [0.29, 0.717) is 15.8 Å². The van der Waals surface area contributed by atoms with Crippen molar-refractivity contribution < 1.29 is 35.4 Å². The Morgan fingerprint density at radius 1 is 0.762 bits per heavy atom. The number of methoxy groups -OCH3 is 3. The van der Waals surface area contributed by atoms with Gasteiger partial charge in [0.1, 0.15) is 0 Å². The molecule has 0 N–H and O–H groups in total. The molecule has 2 rings (SSSR count). The normalized spacial score (nSPS) is 10.5. The molecule has 0 atom stereocenters. The number of benzene rings is 2. The molecule has 0 amide bonds. The summed E-state index contributed by atoms with van der Waals surface area (Å²) in [6.45, 7) is 0. The first-order chi connectivity index (χ1) is 10.1. The van der Waals surface area contributed by atoms with E-state index >= 15 is 0 Å². The van der Waals surface area contributed by atoms with E-state index in [1.807, 2.05) is 24.3 Å². The number of ether oxygens (including phenoxy) is 3. The molecule has 0 unspecified atom stereocenters. The molecule has 0 aromatic heterocycles. The molecule has 0 saturated carbocycles. The third kappa shape index (κ3) is 4.08. The molecule has 2 aromatic rings. The van der Waals surface area contributed by atoms with E-state index in [2.05, 4.69) is 0 Å². The Hall–Kier alpha value is -0.850. The summed E-state index contributed by atoms with van der Waals surface area (Å²) >= 11 is 11.6. The van der Waals surface area contributed by atoms with E-state index in [1.54, 1.807) is 27.4 Å². The SMILES string of the molecule is COc1cc(OC)c([I-]c2cc(Cl)cc(Cl)c2)c(OC)c1. The maximum atomic E-state index is 6.06. The van der Waals surface area contributed by atoms with Crippen molar-refractivity contribution in [2.75, 3.05) is 21.3 Å². The van der Waals surface area contributed by atoms with Crippen molar-refractivity contribution in [3.63, 3.8) is 0 Å². The standard InChI is InChI=1S/C15H14Cl2IO3/c1-19-12-7-13(20-2)15(14(8-12)21-3)18-11-5-9(16)4-10(17)6-11/h4-8H,1-3H3/q-1. The number of hydrogen-bond donors (Lipinski definition) is 0. The molecule has 0 radical (unpaired) electrons. The Labute approximate surface area is 144 Å². The van der Waals surface area contributed by atoms with Gasteiger partial charge in [0.25, 0.3) is 0 Å². The molecule has 2 aromatic carbocycles. The minimum atomic E-state index is -0.553. The first-order valence-electron chi connectivity index (χ1n) is 5.98. The van der Waals surface area contributed by atoms with E-state index in [4.69, 9.17) is 37.4 Å². The van der Waals surface area contributed by atoms with Crippen LogP contribution in [0.4, 0.5) is 0 Å². The van der Waals surface area contributed by atoms with Crippen LogP contribution in [0.3, 0.4) is 0 Å². The van der Waals surface area contributed by atoms with Crippen LogP contribution in [0.25, 0.3) is 0 Å². The van der Waals surface area contributed by atoms with Crippen molar-refractivity contribution >= 4 is 23.2 Å². The van der Waals surface area contributed by atoms with Crippen LogP contribution in [-0.2, 0) is 0 Å². The van der Waals surface area contributed by atoms with Crippen LogP contribution >= 0.6 is 23.2 Å². The van der Waals surface area contributed by atoms with Crippen LogP contribution in [0, 0.1) is 7.14 Å². The summed E-state index contributed by atoms with van der Waals surface area (Å²) in [7, 11) is 4.87. The van der Waals surface area contributed by atoms with Crippen molar-refractivity contribution in [3.8, 4) is 17.2 Å². The molecule has 0 aliphatic heterocycles. The first-order valence-corrected chi connectivity index (χ1v) is 8.89. The van der Waals surface area contributed by atoms with Gasteiger partial charge in [-0.25, -0.2) is 0 Å². The number of halogens is 3. The zero-order valence-electron chi connectivity index (χ0n) is 11.7. The Morgan fingerprint density at radius 2 is 1.29 bits per heavy atom. The molecule has 0 aliphatic carbocycles. The predicted molar refractivity (Wildman–Crippen MR) is 80.0 cm³/mol. The van der Waals surface area contributed by atoms with Gasteiger partial charge < -0.3 is 0 Å². The molecule has 114 valence electrons. The second kappa shape index (κ2) is 7.42. The number of hydrogen-bond acceptors (Lipinski definition) is 3. The third-order valence-corrected chi connectivity index (χ3v) is 5.97. The van der Waals surface area contributed by atoms with E-state index < -0.39 is 21.2 Å². The van der Waals surface area contributed by atoms with Gasteiger partial charge in [-0.3, -0.25) is 0 Å². The van der Waals surface area contributed by atoms with Crippen LogP contribution in [0.2, 0.25) is 10.0 Å². The van der Waals surface area contributed by atoms with Gasteiger partial charge in [-0.05, 0) is 0 Å². The Kier molecular flexibility index (Phi) is 5.84. The molecule has 0 bridgehead atoms. The minimum absolute atomic E-state index is 0.553. The molecule has 3 nitrogen and oxygen atoms in total. The van der Waals surface area contributed by atoms with Crippen molar-refractivity contribution in [2.45, 2.75) is 0 Å². The third-order valence-electron chi connectivity index (χ3n) is 2.69. The molecular formula is C15H14Cl2IO3-. The van der Waals surface area contributed by atoms with Crippen molar-refractivity contribution in [1.29, 1.82) is 0 Å². The monoisotopic (exact) mass is 439 g/mol. The van der Waals surface area contributed by atoms with Crippen molar-refractivity contribution in [1.82, 2.24) is 0 Å². The maximum absolute atomic E-state index is 6.06. The van der Waals surface area contributed by atoms with E-state index in [-0.39, 0.29) is 0 Å². The van der Waals surface area contributed by atoms with Crippen molar-refractivity contribution in [3.05, 3.63) is 47.5 Å². The summed E-state index contributed by atoms with van der Waals surface area (Å²) < 4.78 is 18.3. The summed E-state index contributed by atoms with van der Waals surface area (Å²) in [6, 6.07) is 9.26. The first kappa shape index (κ1) is 16.5.